The number of carbonyl (C=O) groups excluding carboxylic acids is 1. The van der Waals surface area contributed by atoms with Crippen molar-refractivity contribution in [2.45, 2.75) is 55.5 Å². The Bertz CT molecular complexity index is 707. The monoisotopic (exact) mass is 400 g/mol. The second-order valence-corrected chi connectivity index (χ2v) is 8.40. The normalized spacial score (nSPS) is 33.4. The van der Waals surface area contributed by atoms with Gasteiger partial charge in [-0.25, -0.2) is 8.78 Å². The van der Waals surface area contributed by atoms with E-state index < -0.39 is 12.0 Å². The van der Waals surface area contributed by atoms with Crippen molar-refractivity contribution in [1.82, 2.24) is 10.6 Å². The fraction of sp³-hybridized carbons (Fsp3) is 0.632. The minimum atomic E-state index is -0.688. The lowest BCUT2D eigenvalue weighted by molar-refractivity contribution is -0.144. The van der Waals surface area contributed by atoms with Crippen LogP contribution in [0.4, 0.5) is 8.78 Å². The quantitative estimate of drug-likeness (QED) is 0.626. The van der Waals surface area contributed by atoms with Gasteiger partial charge in [-0.15, -0.1) is 0 Å². The van der Waals surface area contributed by atoms with Crippen LogP contribution < -0.4 is 15.4 Å². The minimum Gasteiger partial charge on any atom is -0.484 e. The molecule has 1 aromatic carbocycles. The Morgan fingerprint density at radius 1 is 1.26 bits per heavy atom. The van der Waals surface area contributed by atoms with E-state index in [4.69, 9.17) is 21.1 Å². The third kappa shape index (κ3) is 4.05. The molecule has 0 radical (unpaired) electrons. The smallest absolute Gasteiger partial charge is 0.258 e. The summed E-state index contributed by atoms with van der Waals surface area (Å²) in [6, 6.07) is 4.08. The van der Waals surface area contributed by atoms with Crippen LogP contribution in [0.25, 0.3) is 0 Å². The van der Waals surface area contributed by atoms with Gasteiger partial charge in [-0.3, -0.25) is 4.79 Å². The third-order valence-corrected chi connectivity index (χ3v) is 6.00. The van der Waals surface area contributed by atoms with Crippen LogP contribution in [0.1, 0.15) is 32.1 Å². The van der Waals surface area contributed by atoms with E-state index in [1.807, 2.05) is 0 Å². The number of alkyl halides is 1. The number of hydrogen-bond acceptors (Lipinski definition) is 4. The van der Waals surface area contributed by atoms with Crippen molar-refractivity contribution in [3.63, 3.8) is 0 Å². The van der Waals surface area contributed by atoms with Gasteiger partial charge in [0.2, 0.25) is 0 Å². The Balaban J connectivity index is 1.11. The van der Waals surface area contributed by atoms with Crippen molar-refractivity contribution in [2.24, 2.45) is 0 Å². The molecule has 0 aliphatic heterocycles. The Morgan fingerprint density at radius 3 is 2.67 bits per heavy atom. The van der Waals surface area contributed by atoms with E-state index in [2.05, 4.69) is 10.6 Å². The molecule has 4 fully saturated rings. The summed E-state index contributed by atoms with van der Waals surface area (Å²) < 4.78 is 37.0. The van der Waals surface area contributed by atoms with Gasteiger partial charge in [-0.05, 0) is 31.4 Å². The molecule has 1 aromatic rings. The first kappa shape index (κ1) is 18.9. The molecule has 2 bridgehead atoms. The molecule has 0 unspecified atom stereocenters. The van der Waals surface area contributed by atoms with Crippen LogP contribution in [0.2, 0.25) is 5.02 Å². The largest absolute Gasteiger partial charge is 0.484 e. The molecule has 0 spiro atoms. The Kier molecular flexibility index (Phi) is 5.03. The highest BCUT2D eigenvalue weighted by molar-refractivity contribution is 6.30. The first-order chi connectivity index (χ1) is 12.9. The molecule has 27 heavy (non-hydrogen) atoms. The zero-order chi connectivity index (χ0) is 19.1. The van der Waals surface area contributed by atoms with Crippen LogP contribution in [0.5, 0.6) is 5.75 Å². The maximum Gasteiger partial charge on any atom is 0.258 e. The predicted molar refractivity (Wildman–Crippen MR) is 96.2 cm³/mol. The number of rotatable bonds is 9. The molecule has 1 amide bonds. The van der Waals surface area contributed by atoms with Crippen LogP contribution in [0.15, 0.2) is 18.2 Å². The van der Waals surface area contributed by atoms with E-state index in [1.165, 1.54) is 12.1 Å². The van der Waals surface area contributed by atoms with Gasteiger partial charge in [-0.2, -0.15) is 0 Å². The molecular weight excluding hydrogens is 378 g/mol. The lowest BCUT2D eigenvalue weighted by Gasteiger charge is -2.70. The molecule has 4 saturated carbocycles. The summed E-state index contributed by atoms with van der Waals surface area (Å²) in [7, 11) is 0. The van der Waals surface area contributed by atoms with Crippen LogP contribution in [0, 0.1) is 5.82 Å². The molecule has 0 saturated heterocycles. The first-order valence-electron chi connectivity index (χ1n) is 9.27. The summed E-state index contributed by atoms with van der Waals surface area (Å²) in [5.74, 6) is -0.520. The molecule has 5 nitrogen and oxygen atoms in total. The zero-order valence-electron chi connectivity index (χ0n) is 14.9. The molecular formula is C19H23ClF2N2O3. The Hall–Kier alpha value is -1.44. The van der Waals surface area contributed by atoms with Gasteiger partial charge in [0, 0.05) is 36.5 Å². The minimum absolute atomic E-state index is 0.0168. The Morgan fingerprint density at radius 2 is 2.00 bits per heavy atom. The van der Waals surface area contributed by atoms with E-state index in [0.717, 1.165) is 31.9 Å². The topological polar surface area (TPSA) is 59.6 Å². The fourth-order valence-electron chi connectivity index (χ4n) is 4.33. The van der Waals surface area contributed by atoms with E-state index in [-0.39, 0.29) is 40.5 Å². The van der Waals surface area contributed by atoms with Gasteiger partial charge in [0.25, 0.3) is 5.91 Å². The molecule has 2 N–H and O–H groups in total. The average molecular weight is 401 g/mol. The third-order valence-electron chi connectivity index (χ3n) is 5.69. The van der Waals surface area contributed by atoms with Gasteiger partial charge in [-0.1, -0.05) is 11.6 Å². The maximum atomic E-state index is 13.4. The summed E-state index contributed by atoms with van der Waals surface area (Å²) in [6.07, 6.45) is 3.09. The van der Waals surface area contributed by atoms with Crippen molar-refractivity contribution < 1.29 is 23.0 Å². The molecule has 0 aromatic heterocycles. The second-order valence-electron chi connectivity index (χ2n) is 7.99. The van der Waals surface area contributed by atoms with Crippen LogP contribution in [0.3, 0.4) is 0 Å². The highest BCUT2D eigenvalue weighted by Crippen LogP contribution is 2.60. The lowest BCUT2D eigenvalue weighted by Crippen LogP contribution is -2.83. The number of benzene rings is 1. The number of nitrogens with one attached hydrogen (secondary N) is 2. The molecule has 0 heterocycles. The molecule has 0 atom stereocenters. The van der Waals surface area contributed by atoms with Crippen molar-refractivity contribution in [1.29, 1.82) is 0 Å². The van der Waals surface area contributed by atoms with Gasteiger partial charge in [0.05, 0.1) is 17.7 Å². The van der Waals surface area contributed by atoms with Gasteiger partial charge < -0.3 is 20.1 Å². The average Bonchev–Trinajstić information content (AvgIpc) is 2.54. The van der Waals surface area contributed by atoms with Crippen molar-refractivity contribution in [2.75, 3.05) is 19.8 Å². The van der Waals surface area contributed by atoms with Crippen LogP contribution in [-0.2, 0) is 9.53 Å². The number of carbonyl (C=O) groups is 1. The fourth-order valence-corrected chi connectivity index (χ4v) is 4.45. The van der Waals surface area contributed by atoms with Gasteiger partial charge in [0.15, 0.2) is 6.61 Å². The van der Waals surface area contributed by atoms with Crippen LogP contribution >= 0.6 is 11.6 Å². The van der Waals surface area contributed by atoms with Crippen molar-refractivity contribution >= 4 is 17.5 Å². The van der Waals surface area contributed by atoms with E-state index in [0.29, 0.717) is 19.4 Å². The summed E-state index contributed by atoms with van der Waals surface area (Å²) >= 11 is 5.61. The highest BCUT2D eigenvalue weighted by atomic mass is 35.5. The summed E-state index contributed by atoms with van der Waals surface area (Å²) in [6.45, 7) is 1.17. The van der Waals surface area contributed by atoms with E-state index >= 15 is 0 Å². The summed E-state index contributed by atoms with van der Waals surface area (Å²) in [5, 5.41) is 6.52. The predicted octanol–water partition coefficient (Wildman–Crippen LogP) is 2.76. The van der Waals surface area contributed by atoms with E-state index in [1.54, 1.807) is 0 Å². The van der Waals surface area contributed by atoms with E-state index in [9.17, 15) is 13.6 Å². The first-order valence-corrected chi connectivity index (χ1v) is 9.64. The molecule has 4 aliphatic carbocycles. The molecule has 5 rings (SSSR count). The Labute approximate surface area is 161 Å². The summed E-state index contributed by atoms with van der Waals surface area (Å²) in [5.41, 5.74) is -0.0476. The zero-order valence-corrected chi connectivity index (χ0v) is 15.7. The maximum absolute atomic E-state index is 13.4. The molecule has 4 aliphatic rings. The standard InChI is InChI=1S/C19H23ClF2N2O3/c20-15-2-1-13(7-16(15)22)27-8-17(25)24-19-9-18(10-19,11-19)23-3-4-26-14-5-12(21)6-14/h1-2,7,12,14,23H,3-6,8-11H2,(H,24,25)/t12-,14-,18?,19?. The number of amides is 1. The SMILES string of the molecule is O=C(COc1ccc(Cl)c(F)c1)NC12CC(NCCO[C@H]3C[C@H](F)C3)(C1)C2. The van der Waals surface area contributed by atoms with Crippen molar-refractivity contribution in [3.05, 3.63) is 29.0 Å². The number of ether oxygens (including phenoxy) is 2. The number of halogens is 3. The van der Waals surface area contributed by atoms with Crippen molar-refractivity contribution in [3.8, 4) is 5.75 Å². The van der Waals surface area contributed by atoms with Gasteiger partial charge >= 0.3 is 0 Å². The molecule has 8 heteroatoms. The lowest BCUT2D eigenvalue weighted by atomic mass is 9.44. The molecule has 148 valence electrons. The van der Waals surface area contributed by atoms with Gasteiger partial charge in [0.1, 0.15) is 17.7 Å². The van der Waals surface area contributed by atoms with Crippen LogP contribution in [-0.4, -0.2) is 49.0 Å². The highest BCUT2D eigenvalue weighted by Gasteiger charge is 2.68. The number of hydrogen-bond donors (Lipinski definition) is 2. The second kappa shape index (κ2) is 7.18. The summed E-state index contributed by atoms with van der Waals surface area (Å²) in [4.78, 5) is 12.1.